The number of hydrogen-bond acceptors (Lipinski definition) is 2. The van der Waals surface area contributed by atoms with Gasteiger partial charge in [0.25, 0.3) is 0 Å². The summed E-state index contributed by atoms with van der Waals surface area (Å²) in [5.74, 6) is -2.25. The molecule has 4 nitrogen and oxygen atoms in total. The average molecular weight is 366 g/mol. The third-order valence-corrected chi connectivity index (χ3v) is 5.24. The zero-order valence-electron chi connectivity index (χ0n) is 14.4. The predicted molar refractivity (Wildman–Crippen MR) is 89.8 cm³/mol. The topological polar surface area (TPSA) is 40.6 Å². The largest absolute Gasteiger partial charge is 0.339 e. The molecule has 2 aliphatic rings. The molecule has 2 amide bonds. The Morgan fingerprint density at radius 3 is 2.27 bits per heavy atom. The van der Waals surface area contributed by atoms with Crippen molar-refractivity contribution in [1.82, 2.24) is 9.80 Å². The quantitative estimate of drug-likeness (QED) is 0.772. The van der Waals surface area contributed by atoms with Crippen molar-refractivity contribution in [1.29, 1.82) is 0 Å². The Hall–Kier alpha value is -2.31. The molecule has 0 bridgehead atoms. The Balaban J connectivity index is 1.64. The van der Waals surface area contributed by atoms with E-state index in [1.54, 1.807) is 4.90 Å². The van der Waals surface area contributed by atoms with Gasteiger partial charge >= 0.3 is 0 Å². The number of carbonyl (C=O) groups is 2. The van der Waals surface area contributed by atoms with Crippen molar-refractivity contribution >= 4 is 11.8 Å². The first-order valence-electron chi connectivity index (χ1n) is 8.68. The predicted octanol–water partition coefficient (Wildman–Crippen LogP) is 2.79. The molecule has 0 saturated carbocycles. The van der Waals surface area contributed by atoms with Gasteiger partial charge in [0, 0.05) is 38.0 Å². The molecular weight excluding hydrogens is 345 g/mol. The van der Waals surface area contributed by atoms with Crippen LogP contribution < -0.4 is 0 Å². The van der Waals surface area contributed by atoms with Gasteiger partial charge in [-0.05, 0) is 36.6 Å². The van der Waals surface area contributed by atoms with Gasteiger partial charge in [0.05, 0.1) is 6.54 Å². The minimum atomic E-state index is -1.95. The number of carbonyl (C=O) groups excluding carboxylic acids is 2. The van der Waals surface area contributed by atoms with Crippen molar-refractivity contribution in [2.75, 3.05) is 26.2 Å². The average Bonchev–Trinajstić information content (AvgIpc) is 3.03. The van der Waals surface area contributed by atoms with Crippen LogP contribution in [0.4, 0.5) is 13.2 Å². The molecule has 7 heteroatoms. The summed E-state index contributed by atoms with van der Waals surface area (Å²) in [7, 11) is 0. The first-order chi connectivity index (χ1) is 12.3. The van der Waals surface area contributed by atoms with Crippen LogP contribution in [-0.2, 0) is 15.3 Å². The van der Waals surface area contributed by atoms with Crippen LogP contribution in [0.2, 0.25) is 0 Å². The molecule has 0 radical (unpaired) electrons. The summed E-state index contributed by atoms with van der Waals surface area (Å²) in [5.41, 5.74) is -2.02. The molecule has 1 atom stereocenters. The lowest BCUT2D eigenvalue weighted by Crippen LogP contribution is -2.44. The van der Waals surface area contributed by atoms with Gasteiger partial charge in [0.15, 0.2) is 5.67 Å². The molecule has 26 heavy (non-hydrogen) atoms. The monoisotopic (exact) mass is 366 g/mol. The number of nitrogens with zero attached hydrogens (tertiary/aromatic N) is 2. The van der Waals surface area contributed by atoms with Crippen molar-refractivity contribution in [3.05, 3.63) is 48.1 Å². The highest BCUT2D eigenvalue weighted by Crippen LogP contribution is 2.38. The van der Waals surface area contributed by atoms with Gasteiger partial charge in [-0.3, -0.25) is 9.59 Å². The van der Waals surface area contributed by atoms with Crippen LogP contribution in [0.1, 0.15) is 24.8 Å². The fraction of sp³-hybridized carbons (Fsp3) is 0.474. The lowest BCUT2D eigenvalue weighted by Gasteiger charge is -2.33. The van der Waals surface area contributed by atoms with E-state index in [-0.39, 0.29) is 42.8 Å². The Morgan fingerprint density at radius 1 is 1.08 bits per heavy atom. The van der Waals surface area contributed by atoms with Crippen LogP contribution in [0.3, 0.4) is 0 Å². The molecule has 0 aliphatic carbocycles. The molecule has 0 N–H and O–H groups in total. The Morgan fingerprint density at radius 2 is 1.69 bits per heavy atom. The Kier molecular flexibility index (Phi) is 5.07. The fourth-order valence-electron chi connectivity index (χ4n) is 3.74. The number of rotatable bonds is 3. The maximum Gasteiger partial charge on any atom is 0.245 e. The van der Waals surface area contributed by atoms with E-state index in [4.69, 9.17) is 0 Å². The number of amides is 2. The van der Waals surface area contributed by atoms with E-state index in [0.29, 0.717) is 32.0 Å². The molecule has 1 unspecified atom stereocenters. The van der Waals surface area contributed by atoms with Gasteiger partial charge in [-0.25, -0.2) is 13.2 Å². The zero-order valence-corrected chi connectivity index (χ0v) is 14.4. The van der Waals surface area contributed by atoms with Gasteiger partial charge in [-0.15, -0.1) is 0 Å². The molecule has 2 heterocycles. The van der Waals surface area contributed by atoms with Crippen LogP contribution in [0.25, 0.3) is 0 Å². The van der Waals surface area contributed by atoms with Crippen molar-refractivity contribution in [2.45, 2.75) is 24.9 Å². The molecule has 2 saturated heterocycles. The summed E-state index contributed by atoms with van der Waals surface area (Å²) in [6.45, 7) is 4.37. The van der Waals surface area contributed by atoms with E-state index in [2.05, 4.69) is 6.58 Å². The summed E-state index contributed by atoms with van der Waals surface area (Å²) in [5, 5.41) is 0. The molecule has 140 valence electrons. The third kappa shape index (κ3) is 3.61. The van der Waals surface area contributed by atoms with Crippen LogP contribution in [0.5, 0.6) is 0 Å². The van der Waals surface area contributed by atoms with E-state index in [1.165, 1.54) is 11.0 Å². The highest BCUT2D eigenvalue weighted by Gasteiger charge is 2.43. The lowest BCUT2D eigenvalue weighted by atomic mass is 9.94. The number of likely N-dealkylation sites (tertiary alicyclic amines) is 2. The highest BCUT2D eigenvalue weighted by molar-refractivity contribution is 5.87. The van der Waals surface area contributed by atoms with E-state index in [0.717, 1.165) is 12.1 Å². The normalized spacial score (nSPS) is 24.0. The van der Waals surface area contributed by atoms with Crippen molar-refractivity contribution in [2.24, 2.45) is 5.92 Å². The molecule has 2 fully saturated rings. The molecule has 0 aromatic heterocycles. The van der Waals surface area contributed by atoms with Gasteiger partial charge in [0.1, 0.15) is 11.6 Å². The van der Waals surface area contributed by atoms with E-state index in [1.807, 2.05) is 0 Å². The minimum absolute atomic E-state index is 0.00935. The summed E-state index contributed by atoms with van der Waals surface area (Å²) in [4.78, 5) is 27.3. The van der Waals surface area contributed by atoms with Crippen LogP contribution >= 0.6 is 0 Å². The number of halogens is 3. The van der Waals surface area contributed by atoms with Gasteiger partial charge < -0.3 is 9.80 Å². The van der Waals surface area contributed by atoms with E-state index in [9.17, 15) is 18.4 Å². The van der Waals surface area contributed by atoms with Crippen LogP contribution in [-0.4, -0.2) is 47.8 Å². The second-order valence-corrected chi connectivity index (χ2v) is 6.94. The lowest BCUT2D eigenvalue weighted by molar-refractivity contribution is -0.139. The molecule has 1 aromatic rings. The van der Waals surface area contributed by atoms with Crippen molar-refractivity contribution in [3.8, 4) is 0 Å². The van der Waals surface area contributed by atoms with Crippen molar-refractivity contribution in [3.63, 3.8) is 0 Å². The van der Waals surface area contributed by atoms with E-state index < -0.39 is 17.3 Å². The smallest absolute Gasteiger partial charge is 0.245 e. The summed E-state index contributed by atoms with van der Waals surface area (Å²) >= 11 is 0. The van der Waals surface area contributed by atoms with Gasteiger partial charge in [-0.2, -0.15) is 0 Å². The summed E-state index contributed by atoms with van der Waals surface area (Å²) in [6.07, 6.45) is 2.29. The molecule has 1 aromatic carbocycles. The summed E-state index contributed by atoms with van der Waals surface area (Å²) < 4.78 is 42.0. The van der Waals surface area contributed by atoms with Gasteiger partial charge in [0.2, 0.25) is 11.8 Å². The minimum Gasteiger partial charge on any atom is -0.339 e. The SMILES string of the molecule is C=CC(=O)N1CCC(C(=O)N2CCC(F)(c3cc(F)cc(F)c3)C2)CC1. The molecule has 3 rings (SSSR count). The number of piperidine rings is 1. The van der Waals surface area contributed by atoms with Gasteiger partial charge in [-0.1, -0.05) is 6.58 Å². The molecular formula is C19H21F3N2O2. The van der Waals surface area contributed by atoms with E-state index >= 15 is 4.39 Å². The Labute approximate surface area is 150 Å². The molecule has 2 aliphatic heterocycles. The zero-order chi connectivity index (χ0) is 18.9. The number of hydrogen-bond donors (Lipinski definition) is 0. The second-order valence-electron chi connectivity index (χ2n) is 6.94. The Bertz CT molecular complexity index is 711. The highest BCUT2D eigenvalue weighted by atomic mass is 19.1. The number of benzene rings is 1. The fourth-order valence-corrected chi connectivity index (χ4v) is 3.74. The summed E-state index contributed by atoms with van der Waals surface area (Å²) in [6, 6.07) is 2.66. The first kappa shape index (κ1) is 18.5. The number of alkyl halides is 1. The first-order valence-corrected chi connectivity index (χ1v) is 8.68. The van der Waals surface area contributed by atoms with Crippen LogP contribution in [0, 0.1) is 17.6 Å². The van der Waals surface area contributed by atoms with Crippen molar-refractivity contribution < 1.29 is 22.8 Å². The second kappa shape index (κ2) is 7.13. The van der Waals surface area contributed by atoms with Crippen LogP contribution in [0.15, 0.2) is 30.9 Å². The standard InChI is InChI=1S/C19H21F3N2O2/c1-2-17(25)23-6-3-13(4-7-23)18(26)24-8-5-19(22,12-24)14-9-15(20)11-16(21)10-14/h2,9-11,13H,1,3-8,12H2. The molecule has 0 spiro atoms. The maximum atomic E-state index is 15.2. The maximum absolute atomic E-state index is 15.2. The third-order valence-electron chi connectivity index (χ3n) is 5.24.